The normalized spacial score (nSPS) is 21.1. The maximum atomic E-state index is 9.62. The number of hydrogen-bond donors (Lipinski definition) is 6. The molecule has 3 aliphatic heterocycles. The van der Waals surface area contributed by atoms with Crippen molar-refractivity contribution in [3.8, 4) is 0 Å². The molecule has 0 radical (unpaired) electrons. The second kappa shape index (κ2) is 16.7. The summed E-state index contributed by atoms with van der Waals surface area (Å²) in [6.45, 7) is 7.40. The van der Waals surface area contributed by atoms with Crippen molar-refractivity contribution >= 4 is 17.8 Å². The average Bonchev–Trinajstić information content (AvgIpc) is 2.98. The number of anilines is 3. The van der Waals surface area contributed by atoms with Gasteiger partial charge in [-0.3, -0.25) is 29.4 Å². The van der Waals surface area contributed by atoms with Crippen LogP contribution in [-0.2, 0) is 0 Å². The predicted octanol–water partition coefficient (Wildman–Crippen LogP) is -5.29. The van der Waals surface area contributed by atoms with E-state index in [1.165, 1.54) is 0 Å². The maximum absolute atomic E-state index is 9.62. The lowest BCUT2D eigenvalue weighted by atomic mass is 10.4. The quantitative estimate of drug-likeness (QED) is 0.112. The van der Waals surface area contributed by atoms with Gasteiger partial charge in [0.1, 0.15) is 0 Å². The summed E-state index contributed by atoms with van der Waals surface area (Å²) in [6.07, 6.45) is 0. The van der Waals surface area contributed by atoms with Crippen molar-refractivity contribution in [1.82, 2.24) is 44.4 Å². The lowest BCUT2D eigenvalue weighted by Crippen LogP contribution is -2.58. The zero-order chi connectivity index (χ0) is 29.9. The molecule has 0 aromatic carbocycles. The van der Waals surface area contributed by atoms with E-state index in [-0.39, 0.29) is 39.6 Å². The third-order valence-corrected chi connectivity index (χ3v) is 7.37. The first-order chi connectivity index (χ1) is 20.5. The molecule has 3 saturated heterocycles. The van der Waals surface area contributed by atoms with Crippen LogP contribution in [0.1, 0.15) is 0 Å². The largest absolute Gasteiger partial charge is 0.395 e. The topological polar surface area (TPSA) is 189 Å². The van der Waals surface area contributed by atoms with Gasteiger partial charge in [-0.15, -0.1) is 0 Å². The molecule has 0 saturated carbocycles. The summed E-state index contributed by atoms with van der Waals surface area (Å²) in [7, 11) is 0. The van der Waals surface area contributed by atoms with Crippen molar-refractivity contribution in [2.45, 2.75) is 0 Å². The Morgan fingerprint density at radius 3 is 0.690 bits per heavy atom. The van der Waals surface area contributed by atoms with Crippen LogP contribution >= 0.6 is 0 Å². The number of β-amino-alcohol motifs (C(OH)–C–C–N with tert-alkyl or cyclic N) is 6. The minimum absolute atomic E-state index is 0.00116. The molecule has 0 bridgehead atoms. The van der Waals surface area contributed by atoms with E-state index in [2.05, 4.69) is 29.4 Å². The number of nitrogens with zero attached hydrogens (tertiary/aromatic N) is 12. The van der Waals surface area contributed by atoms with Crippen molar-refractivity contribution < 1.29 is 30.6 Å². The summed E-state index contributed by atoms with van der Waals surface area (Å²) in [5, 5.41) is 57.7. The molecule has 3 fully saturated rings. The fraction of sp³-hybridized carbons (Fsp3) is 0.875. The molecular weight excluding hydrogens is 552 g/mol. The van der Waals surface area contributed by atoms with Gasteiger partial charge in [-0.1, -0.05) is 0 Å². The van der Waals surface area contributed by atoms with Gasteiger partial charge in [-0.2, -0.15) is 15.0 Å². The van der Waals surface area contributed by atoms with Crippen LogP contribution in [0.4, 0.5) is 17.8 Å². The van der Waals surface area contributed by atoms with E-state index < -0.39 is 0 Å². The second-order valence-corrected chi connectivity index (χ2v) is 10.8. The zero-order valence-corrected chi connectivity index (χ0v) is 24.4. The lowest BCUT2D eigenvalue weighted by molar-refractivity contribution is 0.0574. The van der Waals surface area contributed by atoms with Crippen molar-refractivity contribution in [1.29, 1.82) is 0 Å². The van der Waals surface area contributed by atoms with Crippen molar-refractivity contribution in [2.24, 2.45) is 0 Å². The Morgan fingerprint density at radius 2 is 0.524 bits per heavy atom. The van der Waals surface area contributed by atoms with Crippen molar-refractivity contribution in [3.05, 3.63) is 0 Å². The first-order valence-electron chi connectivity index (χ1n) is 14.5. The number of aliphatic hydroxyl groups excluding tert-OH is 6. The highest BCUT2D eigenvalue weighted by atomic mass is 16.3. The molecular formula is C24H48N12O6. The van der Waals surface area contributed by atoms with Gasteiger partial charge >= 0.3 is 0 Å². The minimum atomic E-state index is -0.00116. The smallest absolute Gasteiger partial charge is 0.234 e. The molecule has 0 amide bonds. The summed E-state index contributed by atoms with van der Waals surface area (Å²) >= 11 is 0. The highest BCUT2D eigenvalue weighted by Gasteiger charge is 2.31. The fourth-order valence-electron chi connectivity index (χ4n) is 5.54. The highest BCUT2D eigenvalue weighted by molar-refractivity contribution is 5.47. The predicted molar refractivity (Wildman–Crippen MR) is 154 cm³/mol. The van der Waals surface area contributed by atoms with Gasteiger partial charge in [0.15, 0.2) is 0 Å². The number of aromatic nitrogens is 3. The highest BCUT2D eigenvalue weighted by Crippen LogP contribution is 2.24. The van der Waals surface area contributed by atoms with Crippen molar-refractivity contribution in [3.63, 3.8) is 0 Å². The Kier molecular flexibility index (Phi) is 13.0. The van der Waals surface area contributed by atoms with Crippen LogP contribution in [0, 0.1) is 0 Å². The van der Waals surface area contributed by atoms with Crippen LogP contribution in [0.15, 0.2) is 0 Å². The zero-order valence-electron chi connectivity index (χ0n) is 24.4. The molecule has 0 aliphatic carbocycles. The van der Waals surface area contributed by atoms with Gasteiger partial charge in [-0.25, -0.2) is 0 Å². The molecule has 6 N–H and O–H groups in total. The molecule has 1 aromatic heterocycles. The van der Waals surface area contributed by atoms with E-state index in [0.29, 0.717) is 117 Å². The molecule has 18 heteroatoms. The lowest BCUT2D eigenvalue weighted by Gasteiger charge is -2.44. The van der Waals surface area contributed by atoms with Gasteiger partial charge in [0.25, 0.3) is 0 Å². The van der Waals surface area contributed by atoms with Crippen LogP contribution < -0.4 is 14.7 Å². The molecule has 18 nitrogen and oxygen atoms in total. The second-order valence-electron chi connectivity index (χ2n) is 10.8. The molecule has 0 spiro atoms. The molecule has 0 unspecified atom stereocenters. The number of hydrogen-bond acceptors (Lipinski definition) is 18. The van der Waals surface area contributed by atoms with Crippen molar-refractivity contribution in [2.75, 3.05) is 154 Å². The SMILES string of the molecule is OCCN1CN(CCO)CN(c2nc(N3CN(CCO)CN(CCO)C3)nc(N3CN(CCO)CN(CCO)C3)n2)C1. The van der Waals surface area contributed by atoms with Crippen LogP contribution in [0.2, 0.25) is 0 Å². The average molecular weight is 601 g/mol. The van der Waals surface area contributed by atoms with Crippen LogP contribution in [0.5, 0.6) is 0 Å². The molecule has 3 aliphatic rings. The Hall–Kier alpha value is -2.07. The van der Waals surface area contributed by atoms with Gasteiger partial charge in [0.2, 0.25) is 17.8 Å². The van der Waals surface area contributed by atoms with E-state index in [0.717, 1.165) is 0 Å². The first kappa shape index (κ1) is 32.8. The Labute approximate surface area is 246 Å². The van der Waals surface area contributed by atoms with E-state index in [4.69, 9.17) is 15.0 Å². The standard InChI is InChI=1S/C24H48N12O6/c37-7-1-28-13-29(2-8-38)17-34(16-28)22-25-23(35-18-30(3-9-39)14-31(19-35)4-10-40)27-24(26-22)36-20-32(5-11-41)15-33(21-36)6-12-42/h37-42H,1-21H2. The Balaban J connectivity index is 1.70. The van der Waals surface area contributed by atoms with Gasteiger partial charge in [0.05, 0.1) is 99.7 Å². The van der Waals surface area contributed by atoms with E-state index in [1.54, 1.807) is 0 Å². The van der Waals surface area contributed by atoms with Crippen LogP contribution in [0.3, 0.4) is 0 Å². The molecule has 42 heavy (non-hydrogen) atoms. The Bertz CT molecular complexity index is 771. The van der Waals surface area contributed by atoms with Crippen LogP contribution in [-0.4, -0.2) is 214 Å². The molecule has 240 valence electrons. The number of aliphatic hydroxyl groups is 6. The number of rotatable bonds is 15. The van der Waals surface area contributed by atoms with Gasteiger partial charge in [-0.05, 0) is 0 Å². The summed E-state index contributed by atoms with van der Waals surface area (Å²) < 4.78 is 0. The van der Waals surface area contributed by atoms with Gasteiger partial charge < -0.3 is 45.3 Å². The molecule has 4 heterocycles. The van der Waals surface area contributed by atoms with E-state index in [1.807, 2.05) is 14.7 Å². The summed E-state index contributed by atoms with van der Waals surface area (Å²) in [4.78, 5) is 33.0. The summed E-state index contributed by atoms with van der Waals surface area (Å²) in [6, 6.07) is 0. The molecule has 0 atom stereocenters. The van der Waals surface area contributed by atoms with E-state index in [9.17, 15) is 30.6 Å². The third kappa shape index (κ3) is 8.97. The maximum Gasteiger partial charge on any atom is 0.234 e. The van der Waals surface area contributed by atoms with E-state index >= 15 is 0 Å². The summed E-state index contributed by atoms with van der Waals surface area (Å²) in [5.41, 5.74) is 0. The molecule has 4 rings (SSSR count). The summed E-state index contributed by atoms with van der Waals surface area (Å²) in [5.74, 6) is 1.34. The van der Waals surface area contributed by atoms with Gasteiger partial charge in [0, 0.05) is 39.3 Å². The Morgan fingerprint density at radius 1 is 0.333 bits per heavy atom. The third-order valence-electron chi connectivity index (χ3n) is 7.37. The fourth-order valence-corrected chi connectivity index (χ4v) is 5.54. The first-order valence-corrected chi connectivity index (χ1v) is 14.5. The molecule has 1 aromatic rings. The van der Waals surface area contributed by atoms with Crippen LogP contribution in [0.25, 0.3) is 0 Å². The minimum Gasteiger partial charge on any atom is -0.395 e. The monoisotopic (exact) mass is 600 g/mol.